The molecule has 0 aliphatic heterocycles. The Hall–Kier alpha value is -2.42. The zero-order valence-corrected chi connectivity index (χ0v) is 9.83. The Morgan fingerprint density at radius 2 is 2.05 bits per heavy atom. The van der Waals surface area contributed by atoms with Gasteiger partial charge in [-0.3, -0.25) is 10.1 Å². The molecule has 0 aliphatic carbocycles. The highest BCUT2D eigenvalue weighted by molar-refractivity contribution is 5.54. The van der Waals surface area contributed by atoms with Crippen molar-refractivity contribution in [2.75, 3.05) is 0 Å². The first-order valence-corrected chi connectivity index (χ1v) is 5.34. The largest absolute Gasteiger partial charge is 0.416 e. The summed E-state index contributed by atoms with van der Waals surface area (Å²) in [6.07, 6.45) is -3.34. The molecule has 2 rings (SSSR count). The van der Waals surface area contributed by atoms with Gasteiger partial charge in [0.25, 0.3) is 5.69 Å². The molecule has 0 amide bonds. The molecule has 0 bridgehead atoms. The van der Waals surface area contributed by atoms with Crippen molar-refractivity contribution in [3.05, 3.63) is 51.8 Å². The van der Waals surface area contributed by atoms with E-state index in [0.717, 1.165) is 16.8 Å². The van der Waals surface area contributed by atoms with E-state index in [1.54, 1.807) is 0 Å². The third-order valence-electron chi connectivity index (χ3n) is 2.55. The van der Waals surface area contributed by atoms with Gasteiger partial charge in [0.05, 0.1) is 22.8 Å². The number of aliphatic hydroxyl groups is 1. The van der Waals surface area contributed by atoms with E-state index in [9.17, 15) is 23.3 Å². The van der Waals surface area contributed by atoms with Crippen LogP contribution in [0.1, 0.15) is 11.3 Å². The fourth-order valence-corrected chi connectivity index (χ4v) is 1.62. The van der Waals surface area contributed by atoms with Crippen LogP contribution in [-0.4, -0.2) is 19.8 Å². The van der Waals surface area contributed by atoms with E-state index in [0.29, 0.717) is 6.07 Å². The van der Waals surface area contributed by atoms with E-state index in [2.05, 4.69) is 5.10 Å². The van der Waals surface area contributed by atoms with Crippen LogP contribution in [0.15, 0.2) is 30.5 Å². The van der Waals surface area contributed by atoms with E-state index in [1.807, 2.05) is 0 Å². The van der Waals surface area contributed by atoms with Gasteiger partial charge in [0.2, 0.25) is 0 Å². The number of hydrogen-bond donors (Lipinski definition) is 1. The maximum atomic E-state index is 12.5. The molecule has 0 spiro atoms. The average molecular weight is 287 g/mol. The smallest absolute Gasteiger partial charge is 0.390 e. The number of nitro benzene ring substituents is 1. The number of nitrogens with zero attached hydrogens (tertiary/aromatic N) is 3. The Morgan fingerprint density at radius 1 is 1.35 bits per heavy atom. The Balaban J connectivity index is 2.56. The van der Waals surface area contributed by atoms with Crippen LogP contribution >= 0.6 is 0 Å². The van der Waals surface area contributed by atoms with Gasteiger partial charge in [-0.2, -0.15) is 18.3 Å². The van der Waals surface area contributed by atoms with Gasteiger partial charge < -0.3 is 5.11 Å². The van der Waals surface area contributed by atoms with Crippen molar-refractivity contribution < 1.29 is 23.2 Å². The van der Waals surface area contributed by atoms with Crippen LogP contribution < -0.4 is 0 Å². The lowest BCUT2D eigenvalue weighted by atomic mass is 10.1. The molecule has 0 unspecified atom stereocenters. The predicted molar refractivity (Wildman–Crippen MR) is 61.1 cm³/mol. The molecular formula is C11H8F3N3O3. The summed E-state index contributed by atoms with van der Waals surface area (Å²) < 4.78 is 38.7. The summed E-state index contributed by atoms with van der Waals surface area (Å²) in [5.41, 5.74) is -1.68. The van der Waals surface area contributed by atoms with E-state index >= 15 is 0 Å². The van der Waals surface area contributed by atoms with Crippen molar-refractivity contribution in [1.82, 2.24) is 9.78 Å². The minimum absolute atomic E-state index is 0.109. The van der Waals surface area contributed by atoms with Crippen LogP contribution in [0.4, 0.5) is 18.9 Å². The fourth-order valence-electron chi connectivity index (χ4n) is 1.62. The molecule has 0 saturated carbocycles. The Morgan fingerprint density at radius 3 is 2.55 bits per heavy atom. The number of benzene rings is 1. The number of halogens is 3. The molecule has 20 heavy (non-hydrogen) atoms. The fraction of sp³-hybridized carbons (Fsp3) is 0.182. The number of aromatic nitrogens is 2. The lowest BCUT2D eigenvalue weighted by Gasteiger charge is -2.08. The highest BCUT2D eigenvalue weighted by Crippen LogP contribution is 2.34. The van der Waals surface area contributed by atoms with Gasteiger partial charge in [0, 0.05) is 12.3 Å². The molecule has 1 aromatic carbocycles. The Labute approximate surface area is 110 Å². The number of rotatable bonds is 3. The summed E-state index contributed by atoms with van der Waals surface area (Å²) >= 11 is 0. The molecular weight excluding hydrogens is 279 g/mol. The number of nitro groups is 1. The first-order chi connectivity index (χ1) is 9.32. The second-order valence-electron chi connectivity index (χ2n) is 3.87. The standard InChI is InChI=1S/C11H8F3N3O3/c12-11(13,14)7-1-2-9(10(5-7)17(19)20)16-4-3-8(6-18)15-16/h1-5,18H,6H2. The highest BCUT2D eigenvalue weighted by Gasteiger charge is 2.33. The average Bonchev–Trinajstić information content (AvgIpc) is 2.85. The minimum atomic E-state index is -4.66. The van der Waals surface area contributed by atoms with Crippen LogP contribution in [0.2, 0.25) is 0 Å². The number of aliphatic hydroxyl groups excluding tert-OH is 1. The van der Waals surface area contributed by atoms with Gasteiger partial charge in [0.15, 0.2) is 0 Å². The van der Waals surface area contributed by atoms with Crippen molar-refractivity contribution in [3.63, 3.8) is 0 Å². The van der Waals surface area contributed by atoms with E-state index in [1.165, 1.54) is 12.3 Å². The molecule has 0 fully saturated rings. The van der Waals surface area contributed by atoms with Gasteiger partial charge in [-0.1, -0.05) is 0 Å². The van der Waals surface area contributed by atoms with E-state index in [4.69, 9.17) is 5.11 Å². The monoisotopic (exact) mass is 287 g/mol. The molecule has 1 aromatic heterocycles. The molecule has 0 radical (unpaired) electrons. The van der Waals surface area contributed by atoms with Gasteiger partial charge in [-0.05, 0) is 18.2 Å². The summed E-state index contributed by atoms with van der Waals surface area (Å²) in [4.78, 5) is 9.99. The van der Waals surface area contributed by atoms with Crippen molar-refractivity contribution in [2.45, 2.75) is 12.8 Å². The zero-order valence-electron chi connectivity index (χ0n) is 9.83. The van der Waals surface area contributed by atoms with E-state index in [-0.39, 0.29) is 18.0 Å². The van der Waals surface area contributed by atoms with Crippen LogP contribution in [-0.2, 0) is 12.8 Å². The summed E-state index contributed by atoms with van der Waals surface area (Å²) in [5.74, 6) is 0. The lowest BCUT2D eigenvalue weighted by molar-refractivity contribution is -0.384. The number of alkyl halides is 3. The summed E-state index contributed by atoms with van der Waals surface area (Å²) in [5, 5.41) is 23.6. The van der Waals surface area contributed by atoms with Crippen molar-refractivity contribution in [3.8, 4) is 5.69 Å². The quantitative estimate of drug-likeness (QED) is 0.693. The molecule has 6 nitrogen and oxygen atoms in total. The zero-order chi connectivity index (χ0) is 14.9. The molecule has 0 saturated heterocycles. The third-order valence-corrected chi connectivity index (χ3v) is 2.55. The maximum absolute atomic E-state index is 12.5. The molecule has 106 valence electrons. The number of hydrogen-bond acceptors (Lipinski definition) is 4. The van der Waals surface area contributed by atoms with Crippen molar-refractivity contribution in [2.24, 2.45) is 0 Å². The van der Waals surface area contributed by atoms with Crippen molar-refractivity contribution >= 4 is 5.69 Å². The first kappa shape index (κ1) is 14.0. The van der Waals surface area contributed by atoms with Gasteiger partial charge in [-0.25, -0.2) is 4.68 Å². The van der Waals surface area contributed by atoms with Crippen LogP contribution in [0, 0.1) is 10.1 Å². The molecule has 0 aliphatic rings. The van der Waals surface area contributed by atoms with E-state index < -0.39 is 22.4 Å². The third kappa shape index (κ3) is 2.62. The molecule has 1 heterocycles. The van der Waals surface area contributed by atoms with Crippen molar-refractivity contribution in [1.29, 1.82) is 0 Å². The van der Waals surface area contributed by atoms with Crippen LogP contribution in [0.25, 0.3) is 5.69 Å². The van der Waals surface area contributed by atoms with Gasteiger partial charge in [-0.15, -0.1) is 0 Å². The summed E-state index contributed by atoms with van der Waals surface area (Å²) in [7, 11) is 0. The summed E-state index contributed by atoms with van der Waals surface area (Å²) in [6, 6.07) is 3.56. The Bertz CT molecular complexity index is 652. The molecule has 0 atom stereocenters. The van der Waals surface area contributed by atoms with Crippen LogP contribution in [0.3, 0.4) is 0 Å². The highest BCUT2D eigenvalue weighted by atomic mass is 19.4. The maximum Gasteiger partial charge on any atom is 0.416 e. The first-order valence-electron chi connectivity index (χ1n) is 5.34. The SMILES string of the molecule is O=[N+]([O-])c1cc(C(F)(F)F)ccc1-n1ccc(CO)n1. The minimum Gasteiger partial charge on any atom is -0.390 e. The predicted octanol–water partition coefficient (Wildman–Crippen LogP) is 2.29. The normalized spacial score (nSPS) is 11.6. The van der Waals surface area contributed by atoms with Gasteiger partial charge in [0.1, 0.15) is 5.69 Å². The molecule has 2 aromatic rings. The topological polar surface area (TPSA) is 81.2 Å². The lowest BCUT2D eigenvalue weighted by Crippen LogP contribution is -2.08. The molecule has 9 heteroatoms. The Kier molecular flexibility index (Phi) is 3.45. The van der Waals surface area contributed by atoms with Crippen LogP contribution in [0.5, 0.6) is 0 Å². The molecule has 1 N–H and O–H groups in total. The second-order valence-corrected chi connectivity index (χ2v) is 3.87. The summed E-state index contributed by atoms with van der Waals surface area (Å²) in [6.45, 7) is -0.374. The van der Waals surface area contributed by atoms with Gasteiger partial charge >= 0.3 is 6.18 Å². The second kappa shape index (κ2) is 4.93.